The number of benzene rings is 1. The Kier molecular flexibility index (Phi) is 5.94. The Labute approximate surface area is 130 Å². The summed E-state index contributed by atoms with van der Waals surface area (Å²) in [7, 11) is 3.21. The molecule has 0 bridgehead atoms. The van der Waals surface area contributed by atoms with Crippen molar-refractivity contribution in [2.24, 2.45) is 0 Å². The molecule has 0 spiro atoms. The van der Waals surface area contributed by atoms with E-state index in [-0.39, 0.29) is 6.61 Å². The number of diazo groups is 1. The minimum absolute atomic E-state index is 0.205. The largest absolute Gasteiger partial charge is 0.476 e. The van der Waals surface area contributed by atoms with Crippen LogP contribution in [0.3, 0.4) is 0 Å². The molecule has 0 fully saturated rings. The molecule has 7 heteroatoms. The van der Waals surface area contributed by atoms with Crippen molar-refractivity contribution in [2.45, 2.75) is 16.5 Å². The molecule has 0 aliphatic rings. The highest BCUT2D eigenvalue weighted by molar-refractivity contribution is 8.76. The molecule has 5 nitrogen and oxygen atoms in total. The van der Waals surface area contributed by atoms with Crippen LogP contribution in [0.2, 0.25) is 0 Å². The Morgan fingerprint density at radius 1 is 1.24 bits per heavy atom. The molecule has 1 aromatic carbocycles. The molecule has 0 aliphatic heterocycles. The molecular formula is C14H12N3O2S2+. The Hall–Kier alpha value is -2.17. The summed E-state index contributed by atoms with van der Waals surface area (Å²) in [5, 5.41) is 18.3. The Bertz CT molecular complexity index is 640. The number of rotatable bonds is 6. The fraction of sp³-hybridized carbons (Fsp3) is 0.0714. The van der Waals surface area contributed by atoms with E-state index >= 15 is 0 Å². The van der Waals surface area contributed by atoms with Crippen molar-refractivity contribution >= 4 is 21.6 Å². The maximum atomic E-state index is 9.15. The van der Waals surface area contributed by atoms with Gasteiger partial charge in [0.25, 0.3) is 0 Å². The summed E-state index contributed by atoms with van der Waals surface area (Å²) < 4.78 is 4.98. The summed E-state index contributed by atoms with van der Waals surface area (Å²) in [5.41, 5.74) is 0.903. The van der Waals surface area contributed by atoms with Crippen LogP contribution in [-0.2, 0) is 11.3 Å². The lowest BCUT2D eigenvalue weighted by atomic mass is 10.2. The molecule has 21 heavy (non-hydrogen) atoms. The number of hydrogen-bond donors (Lipinski definition) is 1. The van der Waals surface area contributed by atoms with Gasteiger partial charge in [0.15, 0.2) is 4.98 Å². The summed E-state index contributed by atoms with van der Waals surface area (Å²) in [6.45, 7) is 0.205. The third kappa shape index (κ3) is 5.38. The van der Waals surface area contributed by atoms with Crippen molar-refractivity contribution in [3.8, 4) is 0 Å². The van der Waals surface area contributed by atoms with Gasteiger partial charge in [-0.05, 0) is 40.6 Å². The average molecular weight is 318 g/mol. The highest BCUT2D eigenvalue weighted by Gasteiger charge is 2.03. The van der Waals surface area contributed by atoms with E-state index in [2.05, 4.69) is 9.96 Å². The van der Waals surface area contributed by atoms with Gasteiger partial charge in [-0.1, -0.05) is 29.0 Å². The minimum atomic E-state index is -0.429. The molecule has 0 radical (unpaired) electrons. The van der Waals surface area contributed by atoms with Crippen molar-refractivity contribution in [1.29, 1.82) is 5.39 Å². The van der Waals surface area contributed by atoms with Gasteiger partial charge in [0.05, 0.1) is 0 Å². The lowest BCUT2D eigenvalue weighted by Gasteiger charge is -2.04. The lowest BCUT2D eigenvalue weighted by Crippen LogP contribution is -1.92. The van der Waals surface area contributed by atoms with Gasteiger partial charge >= 0.3 is 12.1 Å². The van der Waals surface area contributed by atoms with Crippen molar-refractivity contribution in [1.82, 2.24) is 4.98 Å². The normalized spacial score (nSPS) is 10.9. The molecule has 0 amide bonds. The summed E-state index contributed by atoms with van der Waals surface area (Å²) in [6.07, 6.45) is 2.59. The van der Waals surface area contributed by atoms with E-state index in [9.17, 15) is 0 Å². The molecule has 1 N–H and O–H groups in total. The van der Waals surface area contributed by atoms with E-state index in [4.69, 9.17) is 15.2 Å². The van der Waals surface area contributed by atoms with Gasteiger partial charge in [-0.25, -0.2) is 4.98 Å². The number of aliphatic hydroxyl groups is 1. The zero-order valence-electron chi connectivity index (χ0n) is 10.9. The van der Waals surface area contributed by atoms with Gasteiger partial charge in [-0.2, -0.15) is 0 Å². The standard InChI is InChI=1S/C14H11N3O2S2/c15-17-9-14(18)19-10-11-4-6-12(7-5-11)20-21-13-3-1-2-8-16-13/h1-9H,10H2/p+1/b14-9+. The van der Waals surface area contributed by atoms with Crippen LogP contribution in [0.25, 0.3) is 4.98 Å². The molecule has 1 heterocycles. The second kappa shape index (κ2) is 8.19. The average Bonchev–Trinajstić information content (AvgIpc) is 2.53. The third-order valence-corrected chi connectivity index (χ3v) is 4.64. The molecule has 1 aromatic heterocycles. The Morgan fingerprint density at radius 3 is 2.71 bits per heavy atom. The molecule has 2 rings (SSSR count). The first-order valence-electron chi connectivity index (χ1n) is 5.98. The lowest BCUT2D eigenvalue weighted by molar-refractivity contribution is 0.0828. The number of pyridine rings is 1. The first-order chi connectivity index (χ1) is 10.3. The molecular weight excluding hydrogens is 306 g/mol. The van der Waals surface area contributed by atoms with Crippen molar-refractivity contribution in [3.05, 3.63) is 71.3 Å². The van der Waals surface area contributed by atoms with Crippen molar-refractivity contribution in [2.75, 3.05) is 0 Å². The number of aromatic nitrogens is 1. The molecule has 0 unspecified atom stereocenters. The first kappa shape index (κ1) is 15.2. The zero-order valence-corrected chi connectivity index (χ0v) is 12.5. The van der Waals surface area contributed by atoms with Crippen LogP contribution in [-0.4, -0.2) is 10.1 Å². The van der Waals surface area contributed by atoms with Crippen LogP contribution >= 0.6 is 21.6 Å². The zero-order chi connectivity index (χ0) is 14.9. The van der Waals surface area contributed by atoms with Crippen molar-refractivity contribution in [3.63, 3.8) is 0 Å². The summed E-state index contributed by atoms with van der Waals surface area (Å²) in [6, 6.07) is 13.6. The topological polar surface area (TPSA) is 70.5 Å². The number of hydrogen-bond acceptors (Lipinski definition) is 6. The van der Waals surface area contributed by atoms with Crippen LogP contribution in [0, 0.1) is 5.39 Å². The Balaban J connectivity index is 1.85. The third-order valence-electron chi connectivity index (χ3n) is 2.34. The summed E-state index contributed by atoms with van der Waals surface area (Å²) in [4.78, 5) is 8.00. The fourth-order valence-electron chi connectivity index (χ4n) is 1.37. The molecule has 2 aromatic rings. The number of ether oxygens (including phenoxy) is 1. The van der Waals surface area contributed by atoms with E-state index in [1.54, 1.807) is 27.8 Å². The van der Waals surface area contributed by atoms with E-state index < -0.39 is 5.95 Å². The molecule has 0 atom stereocenters. The van der Waals surface area contributed by atoms with Crippen LogP contribution in [0.1, 0.15) is 5.56 Å². The van der Waals surface area contributed by atoms with Crippen molar-refractivity contribution < 1.29 is 9.84 Å². The van der Waals surface area contributed by atoms with Gasteiger partial charge in [-0.3, -0.25) is 0 Å². The maximum Gasteiger partial charge on any atom is 0.429 e. The highest BCUT2D eigenvalue weighted by atomic mass is 33.1. The maximum absolute atomic E-state index is 9.15. The molecule has 0 saturated heterocycles. The van der Waals surface area contributed by atoms with Gasteiger partial charge in [0.1, 0.15) is 11.6 Å². The highest BCUT2D eigenvalue weighted by Crippen LogP contribution is 2.35. The number of aliphatic hydroxyl groups excluding tert-OH is 1. The SMILES string of the molecule is N#[N+]/C=C(\O)OCc1ccc(SSc2ccccn2)cc1. The second-order valence-corrected chi connectivity index (χ2v) is 6.07. The smallest absolute Gasteiger partial charge is 0.429 e. The quantitative estimate of drug-likeness (QED) is 0.476. The van der Waals surface area contributed by atoms with Gasteiger partial charge < -0.3 is 9.84 Å². The van der Waals surface area contributed by atoms with Crippen LogP contribution in [0.4, 0.5) is 0 Å². The van der Waals surface area contributed by atoms with Crippen LogP contribution in [0.15, 0.2) is 70.7 Å². The van der Waals surface area contributed by atoms with Crippen LogP contribution < -0.4 is 0 Å². The predicted molar refractivity (Wildman–Crippen MR) is 83.0 cm³/mol. The first-order valence-corrected chi connectivity index (χ1v) is 8.13. The minimum Gasteiger partial charge on any atom is -0.476 e. The van der Waals surface area contributed by atoms with Gasteiger partial charge in [0.2, 0.25) is 5.39 Å². The predicted octanol–water partition coefficient (Wildman–Crippen LogP) is 4.61. The molecule has 0 aliphatic carbocycles. The van der Waals surface area contributed by atoms with E-state index in [0.29, 0.717) is 0 Å². The molecule has 0 saturated carbocycles. The Morgan fingerprint density at radius 2 is 2.05 bits per heavy atom. The van der Waals surface area contributed by atoms with Gasteiger partial charge in [-0.15, -0.1) is 0 Å². The van der Waals surface area contributed by atoms with E-state index in [1.807, 2.05) is 42.5 Å². The second-order valence-electron chi connectivity index (χ2n) is 3.85. The van der Waals surface area contributed by atoms with Crippen LogP contribution in [0.5, 0.6) is 0 Å². The number of nitrogens with zero attached hydrogens (tertiary/aromatic N) is 3. The van der Waals surface area contributed by atoms with E-state index in [0.717, 1.165) is 21.7 Å². The summed E-state index contributed by atoms with van der Waals surface area (Å²) >= 11 is 0. The fourth-order valence-corrected chi connectivity index (χ4v) is 3.21. The monoisotopic (exact) mass is 318 g/mol. The summed E-state index contributed by atoms with van der Waals surface area (Å²) in [5.74, 6) is -0.429. The van der Waals surface area contributed by atoms with E-state index in [1.165, 1.54) is 0 Å². The molecule has 106 valence electrons. The van der Waals surface area contributed by atoms with Gasteiger partial charge in [0, 0.05) is 11.1 Å².